The van der Waals surface area contributed by atoms with Crippen LogP contribution in [-0.2, 0) is 6.54 Å². The number of hydrogen-bond donors (Lipinski definition) is 1. The zero-order chi connectivity index (χ0) is 13.8. The van der Waals surface area contributed by atoms with E-state index in [9.17, 15) is 0 Å². The molecule has 2 aromatic rings. The van der Waals surface area contributed by atoms with Crippen molar-refractivity contribution in [1.29, 1.82) is 0 Å². The van der Waals surface area contributed by atoms with E-state index >= 15 is 0 Å². The molecular weight excluding hydrogens is 250 g/mol. The monoisotopic (exact) mass is 271 g/mol. The molecule has 1 atom stereocenters. The first kappa shape index (κ1) is 13.3. The van der Waals surface area contributed by atoms with Crippen LogP contribution in [0.3, 0.4) is 0 Å². The summed E-state index contributed by atoms with van der Waals surface area (Å²) in [7, 11) is 2.17. The topological polar surface area (TPSA) is 46.0 Å². The van der Waals surface area contributed by atoms with E-state index in [4.69, 9.17) is 0 Å². The van der Waals surface area contributed by atoms with Gasteiger partial charge in [0.25, 0.3) is 0 Å². The molecule has 0 spiro atoms. The zero-order valence-corrected chi connectivity index (χ0v) is 11.9. The number of hydrogen-bond acceptors (Lipinski definition) is 4. The Morgan fingerprint density at radius 2 is 2.20 bits per heavy atom. The van der Waals surface area contributed by atoms with Crippen LogP contribution < -0.4 is 5.32 Å². The quantitative estimate of drug-likeness (QED) is 0.914. The second-order valence-electron chi connectivity index (χ2n) is 5.38. The lowest BCUT2D eigenvalue weighted by atomic mass is 10.1. The van der Waals surface area contributed by atoms with Gasteiger partial charge in [-0.3, -0.25) is 4.90 Å². The maximum atomic E-state index is 4.56. The predicted octanol–water partition coefficient (Wildman–Crippen LogP) is 1.45. The van der Waals surface area contributed by atoms with E-state index in [-0.39, 0.29) is 0 Å². The number of para-hydroxylation sites is 1. The average molecular weight is 271 g/mol. The zero-order valence-electron chi connectivity index (χ0n) is 11.9. The first-order valence-electron chi connectivity index (χ1n) is 7.20. The van der Waals surface area contributed by atoms with E-state index in [1.54, 1.807) is 4.80 Å². The molecule has 1 saturated heterocycles. The summed E-state index contributed by atoms with van der Waals surface area (Å²) in [5, 5.41) is 12.4. The molecule has 1 unspecified atom stereocenters. The summed E-state index contributed by atoms with van der Waals surface area (Å²) in [6.45, 7) is 3.07. The van der Waals surface area contributed by atoms with E-state index < -0.39 is 0 Å². The van der Waals surface area contributed by atoms with Crippen LogP contribution in [0.25, 0.3) is 5.69 Å². The molecule has 20 heavy (non-hydrogen) atoms. The Morgan fingerprint density at radius 1 is 1.35 bits per heavy atom. The number of likely N-dealkylation sites (N-methyl/N-ethyl adjacent to an activating group) is 1. The summed E-state index contributed by atoms with van der Waals surface area (Å²) in [4.78, 5) is 4.06. The number of nitrogens with zero attached hydrogens (tertiary/aromatic N) is 4. The van der Waals surface area contributed by atoms with E-state index in [2.05, 4.69) is 27.5 Å². The van der Waals surface area contributed by atoms with Crippen molar-refractivity contribution in [3.63, 3.8) is 0 Å². The fourth-order valence-corrected chi connectivity index (χ4v) is 2.65. The number of benzene rings is 1. The van der Waals surface area contributed by atoms with Gasteiger partial charge < -0.3 is 5.32 Å². The lowest BCUT2D eigenvalue weighted by molar-refractivity contribution is 0.193. The van der Waals surface area contributed by atoms with Gasteiger partial charge in [-0.1, -0.05) is 18.2 Å². The Hall–Kier alpha value is -1.72. The summed E-state index contributed by atoms with van der Waals surface area (Å²) in [6, 6.07) is 10.6. The van der Waals surface area contributed by atoms with Crippen LogP contribution in [0.15, 0.2) is 36.5 Å². The highest BCUT2D eigenvalue weighted by molar-refractivity contribution is 5.28. The Labute approximate surface area is 119 Å². The third kappa shape index (κ3) is 3.05. The van der Waals surface area contributed by atoms with Crippen LogP contribution in [0.5, 0.6) is 0 Å². The second-order valence-corrected chi connectivity index (χ2v) is 5.38. The van der Waals surface area contributed by atoms with Crippen molar-refractivity contribution in [2.75, 3.05) is 20.1 Å². The highest BCUT2D eigenvalue weighted by Gasteiger charge is 2.18. The molecule has 0 radical (unpaired) electrons. The van der Waals surface area contributed by atoms with Crippen molar-refractivity contribution in [3.8, 4) is 5.69 Å². The average Bonchev–Trinajstić information content (AvgIpc) is 2.97. The third-order valence-corrected chi connectivity index (χ3v) is 3.83. The first-order valence-corrected chi connectivity index (χ1v) is 7.20. The molecular formula is C15H21N5. The minimum atomic E-state index is 0.602. The van der Waals surface area contributed by atoms with E-state index in [1.165, 1.54) is 12.8 Å². The second kappa shape index (κ2) is 6.15. The van der Waals surface area contributed by atoms with Gasteiger partial charge in [0.15, 0.2) is 0 Å². The summed E-state index contributed by atoms with van der Waals surface area (Å²) < 4.78 is 0. The molecule has 1 fully saturated rings. The van der Waals surface area contributed by atoms with E-state index in [1.807, 2.05) is 36.5 Å². The smallest absolute Gasteiger partial charge is 0.0971 e. The largest absolute Gasteiger partial charge is 0.315 e. The van der Waals surface area contributed by atoms with E-state index in [0.29, 0.717) is 6.04 Å². The van der Waals surface area contributed by atoms with Crippen molar-refractivity contribution >= 4 is 0 Å². The van der Waals surface area contributed by atoms with Gasteiger partial charge in [0, 0.05) is 19.1 Å². The Bertz CT molecular complexity index is 530. The molecule has 1 aliphatic rings. The number of rotatable bonds is 4. The molecule has 1 aliphatic heterocycles. The molecule has 0 aliphatic carbocycles. The van der Waals surface area contributed by atoms with Crippen molar-refractivity contribution in [3.05, 3.63) is 42.2 Å². The van der Waals surface area contributed by atoms with Gasteiger partial charge in [-0.15, -0.1) is 0 Å². The lowest BCUT2D eigenvalue weighted by Gasteiger charge is -2.30. The summed E-state index contributed by atoms with van der Waals surface area (Å²) >= 11 is 0. The van der Waals surface area contributed by atoms with Gasteiger partial charge in [-0.2, -0.15) is 15.0 Å². The normalized spacial score (nSPS) is 19.4. The van der Waals surface area contributed by atoms with Crippen molar-refractivity contribution < 1.29 is 0 Å². The molecule has 0 amide bonds. The summed E-state index contributed by atoms with van der Waals surface area (Å²) in [5.74, 6) is 0. The van der Waals surface area contributed by atoms with E-state index in [0.717, 1.165) is 31.0 Å². The van der Waals surface area contributed by atoms with Crippen LogP contribution in [-0.4, -0.2) is 46.1 Å². The molecule has 1 aromatic carbocycles. The van der Waals surface area contributed by atoms with Gasteiger partial charge in [-0.05, 0) is 38.6 Å². The molecule has 106 valence electrons. The van der Waals surface area contributed by atoms with Crippen molar-refractivity contribution in [2.45, 2.75) is 25.4 Å². The van der Waals surface area contributed by atoms with Gasteiger partial charge in [0.2, 0.25) is 0 Å². The molecule has 5 nitrogen and oxygen atoms in total. The fraction of sp³-hybridized carbons (Fsp3) is 0.467. The highest BCUT2D eigenvalue weighted by atomic mass is 15.5. The first-order chi connectivity index (χ1) is 9.83. The minimum Gasteiger partial charge on any atom is -0.315 e. The minimum absolute atomic E-state index is 0.602. The molecule has 1 N–H and O–H groups in total. The van der Waals surface area contributed by atoms with Crippen molar-refractivity contribution in [2.24, 2.45) is 0 Å². The molecule has 1 aromatic heterocycles. The molecule has 0 saturated carbocycles. The van der Waals surface area contributed by atoms with Crippen LogP contribution in [0.1, 0.15) is 18.5 Å². The molecule has 0 bridgehead atoms. The maximum absolute atomic E-state index is 4.56. The lowest BCUT2D eigenvalue weighted by Crippen LogP contribution is -2.43. The summed E-state index contributed by atoms with van der Waals surface area (Å²) in [5.41, 5.74) is 2.02. The molecule has 5 heteroatoms. The maximum Gasteiger partial charge on any atom is 0.0971 e. The third-order valence-electron chi connectivity index (χ3n) is 3.83. The SMILES string of the molecule is CN(Cc1cnn(-c2ccccc2)n1)C1CCCNC1. The number of piperidine rings is 1. The van der Waals surface area contributed by atoms with Gasteiger partial charge in [0.05, 0.1) is 17.6 Å². The van der Waals surface area contributed by atoms with Gasteiger partial charge in [-0.25, -0.2) is 0 Å². The standard InChI is InChI=1S/C15H21N5/c1-19(15-8-5-9-16-11-15)12-13-10-17-20(18-13)14-6-3-2-4-7-14/h2-4,6-7,10,15-16H,5,8-9,11-12H2,1H3. The fourth-order valence-electron chi connectivity index (χ4n) is 2.65. The van der Waals surface area contributed by atoms with Crippen molar-refractivity contribution in [1.82, 2.24) is 25.2 Å². The van der Waals surface area contributed by atoms with Gasteiger partial charge >= 0.3 is 0 Å². The highest BCUT2D eigenvalue weighted by Crippen LogP contribution is 2.11. The van der Waals surface area contributed by atoms with Crippen LogP contribution in [0, 0.1) is 0 Å². The number of aromatic nitrogens is 3. The Morgan fingerprint density at radius 3 is 2.95 bits per heavy atom. The van der Waals surface area contributed by atoms with Crippen LogP contribution in [0.2, 0.25) is 0 Å². The Kier molecular flexibility index (Phi) is 4.08. The van der Waals surface area contributed by atoms with Crippen LogP contribution >= 0.6 is 0 Å². The summed E-state index contributed by atoms with van der Waals surface area (Å²) in [6.07, 6.45) is 4.38. The Balaban J connectivity index is 1.65. The molecule has 2 heterocycles. The molecule has 3 rings (SSSR count). The van der Waals surface area contributed by atoms with Gasteiger partial charge in [0.1, 0.15) is 0 Å². The number of nitrogens with one attached hydrogen (secondary N) is 1. The van der Waals surface area contributed by atoms with Crippen LogP contribution in [0.4, 0.5) is 0 Å². The predicted molar refractivity (Wildman–Crippen MR) is 78.7 cm³/mol.